The molecule has 0 heterocycles. The Hall–Kier alpha value is -1.07. The van der Waals surface area contributed by atoms with E-state index < -0.39 is 28.4 Å². The molecule has 134 valence electrons. The molecule has 1 N–H and O–H groups in total. The van der Waals surface area contributed by atoms with Gasteiger partial charge in [-0.25, -0.2) is 9.59 Å². The summed E-state index contributed by atoms with van der Waals surface area (Å²) < 4.78 is 8.59. The Morgan fingerprint density at radius 1 is 1.33 bits per heavy atom. The largest absolute Gasteiger partial charge is 0.480 e. The van der Waals surface area contributed by atoms with Gasteiger partial charge in [-0.05, 0) is 19.4 Å². The SMILES string of the molecule is CCOC(C)C(C(=O)O)N(C(=O)OCc1ccccc1)C(P)(Cl)Cl. The van der Waals surface area contributed by atoms with Gasteiger partial charge in [0.1, 0.15) is 6.61 Å². The van der Waals surface area contributed by atoms with E-state index in [0.29, 0.717) is 0 Å². The predicted octanol–water partition coefficient (Wildman–Crippen LogP) is 3.47. The van der Waals surface area contributed by atoms with Crippen molar-refractivity contribution in [1.82, 2.24) is 4.90 Å². The van der Waals surface area contributed by atoms with Crippen LogP contribution in [-0.4, -0.2) is 45.0 Å². The fourth-order valence-electron chi connectivity index (χ4n) is 2.08. The minimum Gasteiger partial charge on any atom is -0.480 e. The van der Waals surface area contributed by atoms with E-state index in [-0.39, 0.29) is 13.2 Å². The van der Waals surface area contributed by atoms with Crippen molar-refractivity contribution in [2.75, 3.05) is 6.61 Å². The Balaban J connectivity index is 2.97. The van der Waals surface area contributed by atoms with Crippen LogP contribution in [0.5, 0.6) is 0 Å². The summed E-state index contributed by atoms with van der Waals surface area (Å²) in [6.07, 6.45) is -1.80. The van der Waals surface area contributed by atoms with Crippen LogP contribution in [0.15, 0.2) is 30.3 Å². The molecule has 24 heavy (non-hydrogen) atoms. The summed E-state index contributed by atoms with van der Waals surface area (Å²) >= 11 is 12.0. The van der Waals surface area contributed by atoms with Crippen LogP contribution in [0.4, 0.5) is 4.79 Å². The standard InChI is InChI=1S/C15H20Cl2NO5P/c1-3-22-10(2)12(13(19)20)18(15(16,17)24)14(21)23-9-11-7-5-4-6-8-11/h4-8,10,12H,3,9,24H2,1-2H3,(H,19,20). The number of benzene rings is 1. The molecule has 1 rings (SSSR count). The van der Waals surface area contributed by atoms with Crippen LogP contribution in [0.2, 0.25) is 0 Å². The topological polar surface area (TPSA) is 76.1 Å². The summed E-state index contributed by atoms with van der Waals surface area (Å²) in [6.45, 7) is 3.46. The number of hydrogen-bond donors (Lipinski definition) is 1. The molecule has 3 unspecified atom stereocenters. The minimum absolute atomic E-state index is 0.0416. The van der Waals surface area contributed by atoms with Crippen LogP contribution in [0.25, 0.3) is 0 Å². The minimum atomic E-state index is -1.87. The zero-order chi connectivity index (χ0) is 18.3. The third kappa shape index (κ3) is 6.10. The van der Waals surface area contributed by atoms with E-state index in [4.69, 9.17) is 32.7 Å². The van der Waals surface area contributed by atoms with E-state index in [2.05, 4.69) is 0 Å². The number of halogens is 2. The molecule has 0 aliphatic rings. The summed E-state index contributed by atoms with van der Waals surface area (Å²) in [5, 5.41) is 9.48. The Labute approximate surface area is 153 Å². The molecule has 1 aromatic rings. The zero-order valence-corrected chi connectivity index (χ0v) is 16.0. The molecule has 0 aliphatic carbocycles. The van der Waals surface area contributed by atoms with Gasteiger partial charge in [-0.3, -0.25) is 4.90 Å². The lowest BCUT2D eigenvalue weighted by molar-refractivity contribution is -0.148. The normalized spacial score (nSPS) is 13.9. The van der Waals surface area contributed by atoms with Gasteiger partial charge >= 0.3 is 12.1 Å². The highest BCUT2D eigenvalue weighted by molar-refractivity contribution is 7.27. The number of nitrogens with zero attached hydrogens (tertiary/aromatic N) is 1. The lowest BCUT2D eigenvalue weighted by atomic mass is 10.1. The smallest absolute Gasteiger partial charge is 0.413 e. The number of alkyl halides is 2. The molecule has 1 amide bonds. The number of amides is 1. The van der Waals surface area contributed by atoms with E-state index in [9.17, 15) is 14.7 Å². The zero-order valence-electron chi connectivity index (χ0n) is 13.3. The number of hydrogen-bond acceptors (Lipinski definition) is 4. The first kappa shape index (κ1) is 21.0. The van der Waals surface area contributed by atoms with Gasteiger partial charge in [0.05, 0.1) is 6.10 Å². The van der Waals surface area contributed by atoms with Crippen LogP contribution >= 0.6 is 32.4 Å². The second-order valence-electron chi connectivity index (χ2n) is 4.94. The average Bonchev–Trinajstić information content (AvgIpc) is 2.49. The number of carboxylic acid groups (broad SMARTS) is 1. The molecular formula is C15H20Cl2NO5P. The first-order chi connectivity index (χ1) is 11.2. The van der Waals surface area contributed by atoms with Crippen LogP contribution in [-0.2, 0) is 20.9 Å². The first-order valence-electron chi connectivity index (χ1n) is 7.19. The number of aliphatic carboxylic acids is 1. The third-order valence-electron chi connectivity index (χ3n) is 3.13. The molecule has 0 saturated carbocycles. The van der Waals surface area contributed by atoms with Gasteiger partial charge in [0.15, 0.2) is 6.04 Å². The molecule has 0 spiro atoms. The van der Waals surface area contributed by atoms with Crippen LogP contribution in [0.3, 0.4) is 0 Å². The van der Waals surface area contributed by atoms with Crippen molar-refractivity contribution in [3.05, 3.63) is 35.9 Å². The van der Waals surface area contributed by atoms with E-state index in [1.807, 2.05) is 15.3 Å². The van der Waals surface area contributed by atoms with Gasteiger partial charge in [0.25, 0.3) is 0 Å². The van der Waals surface area contributed by atoms with E-state index >= 15 is 0 Å². The van der Waals surface area contributed by atoms with Crippen molar-refractivity contribution >= 4 is 44.5 Å². The van der Waals surface area contributed by atoms with Crippen LogP contribution in [0, 0.1) is 0 Å². The van der Waals surface area contributed by atoms with Crippen molar-refractivity contribution in [2.45, 2.75) is 36.8 Å². The number of carbonyl (C=O) groups excluding carboxylic acids is 1. The maximum Gasteiger partial charge on any atom is 0.413 e. The molecule has 9 heteroatoms. The number of carboxylic acids is 1. The molecule has 0 bridgehead atoms. The summed E-state index contributed by atoms with van der Waals surface area (Å²) in [5.41, 5.74) is 0.744. The molecule has 3 atom stereocenters. The molecule has 0 saturated heterocycles. The third-order valence-corrected chi connectivity index (χ3v) is 3.77. The molecular weight excluding hydrogens is 376 g/mol. The molecule has 6 nitrogen and oxygen atoms in total. The van der Waals surface area contributed by atoms with Gasteiger partial charge < -0.3 is 14.6 Å². The fourth-order valence-corrected chi connectivity index (χ4v) is 2.70. The molecule has 0 aliphatic heterocycles. The van der Waals surface area contributed by atoms with Crippen molar-refractivity contribution < 1.29 is 24.2 Å². The maximum absolute atomic E-state index is 12.4. The summed E-state index contributed by atoms with van der Waals surface area (Å²) in [4.78, 5) is 24.8. The van der Waals surface area contributed by atoms with Crippen LogP contribution < -0.4 is 0 Å². The van der Waals surface area contributed by atoms with Gasteiger partial charge in [-0.15, -0.1) is 0 Å². The summed E-state index contributed by atoms with van der Waals surface area (Å²) in [6, 6.07) is 7.53. The highest BCUT2D eigenvalue weighted by Gasteiger charge is 2.45. The highest BCUT2D eigenvalue weighted by Crippen LogP contribution is 2.37. The highest BCUT2D eigenvalue weighted by atomic mass is 35.5. The monoisotopic (exact) mass is 395 g/mol. The average molecular weight is 396 g/mol. The Kier molecular flexibility index (Phi) is 8.23. The van der Waals surface area contributed by atoms with Gasteiger partial charge in [-0.2, -0.15) is 0 Å². The van der Waals surface area contributed by atoms with Crippen molar-refractivity contribution in [3.8, 4) is 0 Å². The fraction of sp³-hybridized carbons (Fsp3) is 0.467. The van der Waals surface area contributed by atoms with Crippen molar-refractivity contribution in [2.24, 2.45) is 0 Å². The van der Waals surface area contributed by atoms with Gasteiger partial charge in [0.2, 0.25) is 4.20 Å². The number of carbonyl (C=O) groups is 2. The van der Waals surface area contributed by atoms with Crippen molar-refractivity contribution in [3.63, 3.8) is 0 Å². The summed E-state index contributed by atoms with van der Waals surface area (Å²) in [5.74, 6) is -1.30. The molecule has 1 aromatic carbocycles. The Morgan fingerprint density at radius 3 is 2.38 bits per heavy atom. The van der Waals surface area contributed by atoms with Crippen LogP contribution in [0.1, 0.15) is 19.4 Å². The van der Waals surface area contributed by atoms with Gasteiger partial charge in [-0.1, -0.05) is 62.8 Å². The van der Waals surface area contributed by atoms with E-state index in [0.717, 1.165) is 10.5 Å². The molecule has 0 fully saturated rings. The first-order valence-corrected chi connectivity index (χ1v) is 8.53. The quantitative estimate of drug-likeness (QED) is 0.414. The summed E-state index contributed by atoms with van der Waals surface area (Å²) in [7, 11) is 2.01. The maximum atomic E-state index is 12.4. The lowest BCUT2D eigenvalue weighted by Crippen LogP contribution is -2.56. The second kappa shape index (κ2) is 9.42. The number of rotatable bonds is 8. The number of ether oxygens (including phenoxy) is 2. The van der Waals surface area contributed by atoms with Crippen molar-refractivity contribution in [1.29, 1.82) is 0 Å². The Morgan fingerprint density at radius 2 is 1.92 bits per heavy atom. The van der Waals surface area contributed by atoms with E-state index in [1.165, 1.54) is 6.92 Å². The van der Waals surface area contributed by atoms with Gasteiger partial charge in [0, 0.05) is 6.61 Å². The Bertz CT molecular complexity index is 553. The molecule has 0 radical (unpaired) electrons. The lowest BCUT2D eigenvalue weighted by Gasteiger charge is -2.37. The molecule has 0 aromatic heterocycles. The van der Waals surface area contributed by atoms with E-state index in [1.54, 1.807) is 31.2 Å². The predicted molar refractivity (Wildman–Crippen MR) is 95.1 cm³/mol. The second-order valence-corrected chi connectivity index (χ2v) is 7.85.